The summed E-state index contributed by atoms with van der Waals surface area (Å²) in [7, 11) is -3.79. The van der Waals surface area contributed by atoms with Crippen molar-refractivity contribution in [3.63, 3.8) is 0 Å². The Kier molecular flexibility index (Phi) is 8.49. The summed E-state index contributed by atoms with van der Waals surface area (Å²) < 4.78 is 33.7. The Labute approximate surface area is 185 Å². The molecule has 0 aromatic heterocycles. The van der Waals surface area contributed by atoms with E-state index in [0.717, 1.165) is 37.7 Å². The third-order valence-corrected chi connectivity index (χ3v) is 7.51. The van der Waals surface area contributed by atoms with E-state index in [-0.39, 0.29) is 23.4 Å². The molecule has 31 heavy (non-hydrogen) atoms. The van der Waals surface area contributed by atoms with Gasteiger partial charge in [-0.15, -0.1) is 0 Å². The van der Waals surface area contributed by atoms with E-state index in [2.05, 4.69) is 5.32 Å². The predicted octanol–water partition coefficient (Wildman–Crippen LogP) is 3.77. The maximum absolute atomic E-state index is 13.4. The van der Waals surface area contributed by atoms with E-state index in [1.165, 1.54) is 4.31 Å². The first-order valence-electron chi connectivity index (χ1n) is 11.1. The Bertz CT molecular complexity index is 924. The maximum Gasteiger partial charge on any atom is 0.243 e. The number of benzene rings is 2. The van der Waals surface area contributed by atoms with Crippen LogP contribution in [0.4, 0.5) is 0 Å². The smallest absolute Gasteiger partial charge is 0.243 e. The van der Waals surface area contributed by atoms with E-state index in [0.29, 0.717) is 25.3 Å². The Morgan fingerprint density at radius 3 is 2.35 bits per heavy atom. The molecule has 1 fully saturated rings. The third kappa shape index (κ3) is 6.55. The quantitative estimate of drug-likeness (QED) is 0.605. The molecule has 1 N–H and O–H groups in total. The molecule has 1 aliphatic rings. The number of nitrogens with zero attached hydrogens (tertiary/aromatic N) is 1. The van der Waals surface area contributed by atoms with Crippen LogP contribution in [-0.4, -0.2) is 44.4 Å². The molecule has 2 aromatic rings. The number of sulfonamides is 1. The highest BCUT2D eigenvalue weighted by molar-refractivity contribution is 7.89. The second kappa shape index (κ2) is 11.3. The zero-order valence-electron chi connectivity index (χ0n) is 18.1. The molecule has 0 saturated heterocycles. The molecule has 1 saturated carbocycles. The molecular weight excluding hydrogens is 412 g/mol. The van der Waals surface area contributed by atoms with Crippen LogP contribution in [0.2, 0.25) is 0 Å². The van der Waals surface area contributed by atoms with Gasteiger partial charge in [0, 0.05) is 12.6 Å². The van der Waals surface area contributed by atoms with Crippen LogP contribution < -0.4 is 10.1 Å². The summed E-state index contributed by atoms with van der Waals surface area (Å²) in [6.45, 7) is 2.72. The Morgan fingerprint density at radius 1 is 1.03 bits per heavy atom. The Balaban J connectivity index is 1.70. The molecule has 2 aromatic carbocycles. The number of ether oxygens (including phenoxy) is 1. The molecule has 0 aliphatic heterocycles. The molecule has 0 radical (unpaired) electrons. The van der Waals surface area contributed by atoms with Gasteiger partial charge in [0.25, 0.3) is 0 Å². The predicted molar refractivity (Wildman–Crippen MR) is 122 cm³/mol. The molecule has 1 amide bonds. The second-order valence-electron chi connectivity index (χ2n) is 7.83. The first-order chi connectivity index (χ1) is 15.0. The van der Waals surface area contributed by atoms with Crippen LogP contribution >= 0.6 is 0 Å². The van der Waals surface area contributed by atoms with Gasteiger partial charge in [-0.1, -0.05) is 49.6 Å². The minimum absolute atomic E-state index is 0.148. The topological polar surface area (TPSA) is 75.7 Å². The molecule has 0 atom stereocenters. The van der Waals surface area contributed by atoms with E-state index in [1.54, 1.807) is 24.3 Å². The average molecular weight is 445 g/mol. The molecule has 0 bridgehead atoms. The van der Waals surface area contributed by atoms with Crippen molar-refractivity contribution in [1.29, 1.82) is 0 Å². The largest absolute Gasteiger partial charge is 0.494 e. The second-order valence-corrected chi connectivity index (χ2v) is 9.72. The van der Waals surface area contributed by atoms with E-state index >= 15 is 0 Å². The van der Waals surface area contributed by atoms with Crippen LogP contribution in [0.3, 0.4) is 0 Å². The summed E-state index contributed by atoms with van der Waals surface area (Å²) in [4.78, 5) is 12.9. The lowest BCUT2D eigenvalue weighted by Gasteiger charge is -2.33. The molecule has 7 heteroatoms. The van der Waals surface area contributed by atoms with Crippen molar-refractivity contribution in [1.82, 2.24) is 9.62 Å². The minimum Gasteiger partial charge on any atom is -0.494 e. The van der Waals surface area contributed by atoms with Crippen LogP contribution in [0.15, 0.2) is 59.5 Å². The molecule has 0 unspecified atom stereocenters. The van der Waals surface area contributed by atoms with Gasteiger partial charge in [-0.05, 0) is 56.0 Å². The highest BCUT2D eigenvalue weighted by Crippen LogP contribution is 2.28. The fraction of sp³-hybridized carbons (Fsp3) is 0.458. The van der Waals surface area contributed by atoms with E-state index < -0.39 is 10.0 Å². The normalized spacial score (nSPS) is 15.0. The van der Waals surface area contributed by atoms with E-state index in [9.17, 15) is 13.2 Å². The lowest BCUT2D eigenvalue weighted by Crippen LogP contribution is -2.47. The first-order valence-corrected chi connectivity index (χ1v) is 12.5. The zero-order valence-corrected chi connectivity index (χ0v) is 18.9. The van der Waals surface area contributed by atoms with Crippen molar-refractivity contribution in [2.75, 3.05) is 19.7 Å². The van der Waals surface area contributed by atoms with Crippen LogP contribution in [0.5, 0.6) is 5.75 Å². The van der Waals surface area contributed by atoms with Crippen LogP contribution in [0.1, 0.15) is 44.6 Å². The highest BCUT2D eigenvalue weighted by atomic mass is 32.2. The first kappa shape index (κ1) is 23.3. The zero-order chi connectivity index (χ0) is 22.1. The Morgan fingerprint density at radius 2 is 1.71 bits per heavy atom. The van der Waals surface area contributed by atoms with Crippen molar-refractivity contribution in [2.24, 2.45) is 0 Å². The lowest BCUT2D eigenvalue weighted by molar-refractivity contribution is -0.121. The molecular formula is C24H32N2O4S. The number of hydrogen-bond acceptors (Lipinski definition) is 4. The number of nitrogens with one attached hydrogen (secondary N) is 1. The Hall–Kier alpha value is -2.38. The number of carbonyl (C=O) groups is 1. The standard InChI is InChI=1S/C24H32N2O4S/c1-2-30-22-13-15-23(16-14-22)31(28,29)26(21-11-7-4-8-12-21)19-24(27)25-18-17-20-9-5-3-6-10-20/h3,5-6,9-10,13-16,21H,2,4,7-8,11-12,17-19H2,1H3,(H,25,27). The molecule has 6 nitrogen and oxygen atoms in total. The number of rotatable bonds is 10. The van der Waals surface area contributed by atoms with Crippen molar-refractivity contribution >= 4 is 15.9 Å². The fourth-order valence-corrected chi connectivity index (χ4v) is 5.62. The van der Waals surface area contributed by atoms with E-state index in [1.807, 2.05) is 37.3 Å². The van der Waals surface area contributed by atoms with Gasteiger partial charge in [0.05, 0.1) is 18.0 Å². The SMILES string of the molecule is CCOc1ccc(S(=O)(=O)N(CC(=O)NCCc2ccccc2)C2CCCCC2)cc1. The summed E-state index contributed by atoms with van der Waals surface area (Å²) in [5.41, 5.74) is 1.13. The van der Waals surface area contributed by atoms with Gasteiger partial charge < -0.3 is 10.1 Å². The van der Waals surface area contributed by atoms with Crippen molar-refractivity contribution < 1.29 is 17.9 Å². The van der Waals surface area contributed by atoms with Gasteiger partial charge in [-0.2, -0.15) is 4.31 Å². The lowest BCUT2D eigenvalue weighted by atomic mass is 9.95. The van der Waals surface area contributed by atoms with Gasteiger partial charge in [0.2, 0.25) is 15.9 Å². The third-order valence-electron chi connectivity index (χ3n) is 5.60. The molecule has 0 spiro atoms. The number of carbonyl (C=O) groups excluding carboxylic acids is 1. The highest BCUT2D eigenvalue weighted by Gasteiger charge is 2.33. The van der Waals surface area contributed by atoms with Gasteiger partial charge >= 0.3 is 0 Å². The fourth-order valence-electron chi connectivity index (χ4n) is 3.98. The van der Waals surface area contributed by atoms with E-state index in [4.69, 9.17) is 4.74 Å². The van der Waals surface area contributed by atoms with Gasteiger partial charge in [-0.25, -0.2) is 8.42 Å². The molecule has 1 aliphatic carbocycles. The summed E-state index contributed by atoms with van der Waals surface area (Å²) >= 11 is 0. The number of amides is 1. The summed E-state index contributed by atoms with van der Waals surface area (Å²) in [5.74, 6) is 0.361. The minimum atomic E-state index is -3.79. The summed E-state index contributed by atoms with van der Waals surface area (Å²) in [5, 5.41) is 2.89. The van der Waals surface area contributed by atoms with Crippen LogP contribution in [0, 0.1) is 0 Å². The number of hydrogen-bond donors (Lipinski definition) is 1. The molecule has 0 heterocycles. The summed E-state index contributed by atoms with van der Waals surface area (Å²) in [6, 6.07) is 16.2. The molecule has 168 valence electrons. The average Bonchev–Trinajstić information content (AvgIpc) is 2.79. The monoisotopic (exact) mass is 444 g/mol. The maximum atomic E-state index is 13.4. The van der Waals surface area contributed by atoms with Gasteiger partial charge in [0.15, 0.2) is 0 Å². The van der Waals surface area contributed by atoms with Gasteiger partial charge in [0.1, 0.15) is 5.75 Å². The van der Waals surface area contributed by atoms with Crippen molar-refractivity contribution in [3.8, 4) is 5.75 Å². The van der Waals surface area contributed by atoms with Crippen LogP contribution in [-0.2, 0) is 21.2 Å². The summed E-state index contributed by atoms with van der Waals surface area (Å²) in [6.07, 6.45) is 5.35. The van der Waals surface area contributed by atoms with Crippen molar-refractivity contribution in [2.45, 2.75) is 56.4 Å². The van der Waals surface area contributed by atoms with Gasteiger partial charge in [-0.3, -0.25) is 4.79 Å². The molecule has 3 rings (SSSR count). The van der Waals surface area contributed by atoms with Crippen LogP contribution in [0.25, 0.3) is 0 Å². The van der Waals surface area contributed by atoms with Crippen molar-refractivity contribution in [3.05, 3.63) is 60.2 Å².